The number of nitrogens with zero attached hydrogens (tertiary/aromatic N) is 1. The Labute approximate surface area is 116 Å². The maximum Gasteiger partial charge on any atom is 0.323 e. The van der Waals surface area contributed by atoms with Gasteiger partial charge in [0.25, 0.3) is 5.91 Å². The molecule has 0 bridgehead atoms. The van der Waals surface area contributed by atoms with Crippen molar-refractivity contribution in [3.05, 3.63) is 29.3 Å². The summed E-state index contributed by atoms with van der Waals surface area (Å²) in [5.74, 6) is -1.01. The molecule has 1 rings (SSSR count). The zero-order valence-corrected chi connectivity index (χ0v) is 11.4. The van der Waals surface area contributed by atoms with Crippen molar-refractivity contribution in [1.82, 2.24) is 4.90 Å². The zero-order valence-electron chi connectivity index (χ0n) is 10.6. The van der Waals surface area contributed by atoms with E-state index in [9.17, 15) is 9.59 Å². The highest BCUT2D eigenvalue weighted by Crippen LogP contribution is 2.22. The molecular weight excluding hydrogens is 270 g/mol. The number of carbonyl (C=O) groups excluding carboxylic acids is 1. The summed E-state index contributed by atoms with van der Waals surface area (Å²) in [4.78, 5) is 23.8. The normalized spacial score (nSPS) is 10.0. The molecule has 1 N–H and O–H groups in total. The van der Waals surface area contributed by atoms with Gasteiger partial charge in [-0.1, -0.05) is 30.7 Å². The Balaban J connectivity index is 2.57. The van der Waals surface area contributed by atoms with Crippen molar-refractivity contribution in [2.24, 2.45) is 0 Å². The minimum atomic E-state index is -1.04. The van der Waals surface area contributed by atoms with E-state index in [0.717, 1.165) is 0 Å². The molecule has 6 heteroatoms. The molecule has 0 aliphatic heterocycles. The van der Waals surface area contributed by atoms with E-state index in [0.29, 0.717) is 23.7 Å². The molecule has 0 radical (unpaired) electrons. The molecule has 0 saturated heterocycles. The summed E-state index contributed by atoms with van der Waals surface area (Å²) in [5, 5.41) is 9.15. The highest BCUT2D eigenvalue weighted by atomic mass is 35.5. The van der Waals surface area contributed by atoms with Crippen LogP contribution >= 0.6 is 11.6 Å². The largest absolute Gasteiger partial charge is 0.482 e. The molecule has 0 fully saturated rings. The van der Waals surface area contributed by atoms with Gasteiger partial charge in [0.2, 0.25) is 0 Å². The van der Waals surface area contributed by atoms with Gasteiger partial charge in [0.15, 0.2) is 6.61 Å². The number of halogens is 1. The van der Waals surface area contributed by atoms with Crippen LogP contribution in [0.3, 0.4) is 0 Å². The Kier molecular flexibility index (Phi) is 6.15. The molecule has 0 aliphatic carbocycles. The van der Waals surface area contributed by atoms with Crippen molar-refractivity contribution < 1.29 is 19.4 Å². The third-order valence-corrected chi connectivity index (χ3v) is 2.67. The zero-order chi connectivity index (χ0) is 14.3. The average molecular weight is 286 g/mol. The number of ether oxygens (including phenoxy) is 1. The van der Waals surface area contributed by atoms with E-state index >= 15 is 0 Å². The van der Waals surface area contributed by atoms with E-state index in [2.05, 4.69) is 0 Å². The van der Waals surface area contributed by atoms with Gasteiger partial charge in [-0.2, -0.15) is 0 Å². The number of benzene rings is 1. The van der Waals surface area contributed by atoms with Gasteiger partial charge in [0, 0.05) is 6.54 Å². The van der Waals surface area contributed by atoms with E-state index in [1.807, 2.05) is 6.92 Å². The second-order valence-electron chi connectivity index (χ2n) is 3.93. The van der Waals surface area contributed by atoms with Gasteiger partial charge in [0.1, 0.15) is 12.3 Å². The van der Waals surface area contributed by atoms with Crippen molar-refractivity contribution in [1.29, 1.82) is 0 Å². The van der Waals surface area contributed by atoms with Gasteiger partial charge in [-0.3, -0.25) is 9.59 Å². The molecule has 0 aromatic heterocycles. The SMILES string of the molecule is CCCN(CC(=O)O)C(=O)COc1ccccc1Cl. The second kappa shape index (κ2) is 7.63. The number of carboxylic acid groups (broad SMARTS) is 1. The number of carbonyl (C=O) groups is 2. The maximum atomic E-state index is 11.8. The molecule has 5 nitrogen and oxygen atoms in total. The van der Waals surface area contributed by atoms with Crippen LogP contribution in [0.5, 0.6) is 5.75 Å². The van der Waals surface area contributed by atoms with Crippen LogP contribution < -0.4 is 4.74 Å². The number of hydrogen-bond donors (Lipinski definition) is 1. The Morgan fingerprint density at radius 2 is 2.05 bits per heavy atom. The van der Waals surface area contributed by atoms with E-state index in [4.69, 9.17) is 21.4 Å². The van der Waals surface area contributed by atoms with Crippen molar-refractivity contribution in [3.63, 3.8) is 0 Å². The summed E-state index contributed by atoms with van der Waals surface area (Å²) < 4.78 is 5.29. The van der Waals surface area contributed by atoms with Crippen LogP contribution in [0.15, 0.2) is 24.3 Å². The fourth-order valence-electron chi connectivity index (χ4n) is 1.52. The molecule has 19 heavy (non-hydrogen) atoms. The fraction of sp³-hybridized carbons (Fsp3) is 0.385. The smallest absolute Gasteiger partial charge is 0.323 e. The molecular formula is C13H16ClNO4. The van der Waals surface area contributed by atoms with Gasteiger partial charge in [-0.25, -0.2) is 0 Å². The summed E-state index contributed by atoms with van der Waals surface area (Å²) in [7, 11) is 0. The predicted molar refractivity (Wildman–Crippen MR) is 71.5 cm³/mol. The number of carboxylic acids is 1. The first kappa shape index (κ1) is 15.3. The lowest BCUT2D eigenvalue weighted by atomic mass is 10.3. The molecule has 0 saturated carbocycles. The summed E-state index contributed by atoms with van der Waals surface area (Å²) in [6.07, 6.45) is 0.686. The summed E-state index contributed by atoms with van der Waals surface area (Å²) in [6, 6.07) is 6.80. The Bertz CT molecular complexity index is 450. The highest BCUT2D eigenvalue weighted by molar-refractivity contribution is 6.32. The molecule has 104 valence electrons. The maximum absolute atomic E-state index is 11.8. The van der Waals surface area contributed by atoms with E-state index in [-0.39, 0.29) is 19.1 Å². The lowest BCUT2D eigenvalue weighted by Gasteiger charge is -2.20. The van der Waals surface area contributed by atoms with Crippen LogP contribution in [0.4, 0.5) is 0 Å². The number of hydrogen-bond acceptors (Lipinski definition) is 3. The van der Waals surface area contributed by atoms with Crippen molar-refractivity contribution in [2.45, 2.75) is 13.3 Å². The van der Waals surface area contributed by atoms with Crippen LogP contribution in [0.1, 0.15) is 13.3 Å². The lowest BCUT2D eigenvalue weighted by molar-refractivity contribution is -0.145. The average Bonchev–Trinajstić information content (AvgIpc) is 2.36. The summed E-state index contributed by atoms with van der Waals surface area (Å²) >= 11 is 5.89. The number of aliphatic carboxylic acids is 1. The standard InChI is InChI=1S/C13H16ClNO4/c1-2-7-15(8-13(17)18)12(16)9-19-11-6-4-3-5-10(11)14/h3-6H,2,7-9H2,1H3,(H,17,18). The lowest BCUT2D eigenvalue weighted by Crippen LogP contribution is -2.39. The molecule has 1 aromatic rings. The predicted octanol–water partition coefficient (Wildman–Crippen LogP) is 2.04. The van der Waals surface area contributed by atoms with Gasteiger partial charge < -0.3 is 14.7 Å². The van der Waals surface area contributed by atoms with E-state index in [1.54, 1.807) is 24.3 Å². The fourth-order valence-corrected chi connectivity index (χ4v) is 1.71. The Morgan fingerprint density at radius 3 is 2.63 bits per heavy atom. The molecule has 0 heterocycles. The first-order valence-corrected chi connectivity index (χ1v) is 6.29. The van der Waals surface area contributed by atoms with Gasteiger partial charge in [0.05, 0.1) is 5.02 Å². The number of para-hydroxylation sites is 1. The summed E-state index contributed by atoms with van der Waals surface area (Å²) in [5.41, 5.74) is 0. The molecule has 0 atom stereocenters. The monoisotopic (exact) mass is 285 g/mol. The van der Waals surface area contributed by atoms with E-state index in [1.165, 1.54) is 4.90 Å². The molecule has 0 spiro atoms. The second-order valence-corrected chi connectivity index (χ2v) is 4.34. The molecule has 0 unspecified atom stereocenters. The quantitative estimate of drug-likeness (QED) is 0.832. The molecule has 0 aliphatic rings. The van der Waals surface area contributed by atoms with Crippen LogP contribution in [-0.4, -0.2) is 41.6 Å². The van der Waals surface area contributed by atoms with Crippen LogP contribution in [-0.2, 0) is 9.59 Å². The highest BCUT2D eigenvalue weighted by Gasteiger charge is 2.16. The van der Waals surface area contributed by atoms with Gasteiger partial charge in [-0.15, -0.1) is 0 Å². The third kappa shape index (κ3) is 5.18. The van der Waals surface area contributed by atoms with Crippen molar-refractivity contribution in [2.75, 3.05) is 19.7 Å². The van der Waals surface area contributed by atoms with Crippen molar-refractivity contribution in [3.8, 4) is 5.75 Å². The first-order valence-electron chi connectivity index (χ1n) is 5.91. The van der Waals surface area contributed by atoms with Gasteiger partial charge in [-0.05, 0) is 18.6 Å². The Morgan fingerprint density at radius 1 is 1.37 bits per heavy atom. The van der Waals surface area contributed by atoms with Crippen LogP contribution in [0, 0.1) is 0 Å². The minimum absolute atomic E-state index is 0.225. The van der Waals surface area contributed by atoms with Crippen LogP contribution in [0.25, 0.3) is 0 Å². The van der Waals surface area contributed by atoms with Crippen LogP contribution in [0.2, 0.25) is 5.02 Å². The minimum Gasteiger partial charge on any atom is -0.482 e. The number of amides is 1. The first-order chi connectivity index (χ1) is 9.04. The summed E-state index contributed by atoms with van der Waals surface area (Å²) in [6.45, 7) is 1.71. The molecule has 1 aromatic carbocycles. The van der Waals surface area contributed by atoms with Gasteiger partial charge >= 0.3 is 5.97 Å². The van der Waals surface area contributed by atoms with E-state index < -0.39 is 5.97 Å². The number of rotatable bonds is 7. The molecule has 1 amide bonds. The topological polar surface area (TPSA) is 66.8 Å². The van der Waals surface area contributed by atoms with Crippen molar-refractivity contribution >= 4 is 23.5 Å². The third-order valence-electron chi connectivity index (χ3n) is 2.36. The Hall–Kier alpha value is -1.75.